The van der Waals surface area contributed by atoms with E-state index in [0.29, 0.717) is 22.3 Å². The van der Waals surface area contributed by atoms with E-state index >= 15 is 0 Å². The van der Waals surface area contributed by atoms with Crippen LogP contribution in [-0.2, 0) is 0 Å². The van der Waals surface area contributed by atoms with Gasteiger partial charge < -0.3 is 19.6 Å². The molecular formula is C90H64N4S4. The van der Waals surface area contributed by atoms with Crippen LogP contribution in [0.15, 0.2) is 374 Å². The summed E-state index contributed by atoms with van der Waals surface area (Å²) >= 11 is 7.72. The number of allylic oxidation sites excluding steroid dienone is 6. The molecule has 4 heterocycles. The molecule has 0 saturated carbocycles. The second-order valence-corrected chi connectivity index (χ2v) is 29.5. The van der Waals surface area contributed by atoms with Gasteiger partial charge in [0.25, 0.3) is 0 Å². The maximum absolute atomic E-state index is 2.45. The van der Waals surface area contributed by atoms with Gasteiger partial charge in [0.05, 0.1) is 32.1 Å². The van der Waals surface area contributed by atoms with Gasteiger partial charge >= 0.3 is 0 Å². The zero-order valence-corrected chi connectivity index (χ0v) is 56.6. The van der Waals surface area contributed by atoms with Gasteiger partial charge in [-0.3, -0.25) is 0 Å². The summed E-state index contributed by atoms with van der Waals surface area (Å²) in [6.07, 6.45) is 18.1. The predicted molar refractivity (Wildman–Crippen MR) is 424 cm³/mol. The normalized spacial score (nSPS) is 16.1. The average molecular weight is 1330 g/mol. The first-order valence-electron chi connectivity index (χ1n) is 33.4. The highest BCUT2D eigenvalue weighted by molar-refractivity contribution is 8.00. The van der Waals surface area contributed by atoms with Crippen molar-refractivity contribution in [2.45, 2.75) is 32.1 Å². The minimum atomic E-state index is 0.441. The monoisotopic (exact) mass is 1330 g/mol. The lowest BCUT2D eigenvalue weighted by Crippen LogP contribution is -2.11. The van der Waals surface area contributed by atoms with E-state index in [1.165, 1.54) is 107 Å². The molecule has 0 bridgehead atoms. The lowest BCUT2D eigenvalue weighted by molar-refractivity contribution is 0.881. The number of hydrogen-bond donors (Lipinski definition) is 0. The van der Waals surface area contributed by atoms with E-state index in [0.717, 1.165) is 34.1 Å². The molecule has 0 radical (unpaired) electrons. The SMILES string of the molecule is C1=CC2Sc3cc(N(c4ccccc4)c4cccc5c4sc4cccc(N(c6ccccc6)c6ccc(-c7ccccc7)cc6)c45)ccc3C2C=C1.C1=CC2Sc3cc(N(c4ccccc4)c4cccc5c4sc4cccc(N(c6ccccc6)c6ccccc6)c45)ccc3C2C=C1. The summed E-state index contributed by atoms with van der Waals surface area (Å²) < 4.78 is 5.09. The fourth-order valence-electron chi connectivity index (χ4n) is 14.7. The van der Waals surface area contributed by atoms with Crippen LogP contribution >= 0.6 is 46.2 Å². The van der Waals surface area contributed by atoms with Crippen molar-refractivity contribution in [3.63, 3.8) is 0 Å². The van der Waals surface area contributed by atoms with Gasteiger partial charge in [0, 0.05) is 109 Å². The van der Waals surface area contributed by atoms with E-state index in [4.69, 9.17) is 0 Å². The Bertz CT molecular complexity index is 5520. The summed E-state index contributed by atoms with van der Waals surface area (Å²) in [6.45, 7) is 0. The third-order valence-electron chi connectivity index (χ3n) is 19.2. The van der Waals surface area contributed by atoms with E-state index in [2.05, 4.69) is 384 Å². The van der Waals surface area contributed by atoms with Gasteiger partial charge in [0.1, 0.15) is 0 Å². The van der Waals surface area contributed by atoms with Crippen molar-refractivity contribution in [1.29, 1.82) is 0 Å². The highest BCUT2D eigenvalue weighted by atomic mass is 32.2. The highest BCUT2D eigenvalue weighted by Gasteiger charge is 2.34. The summed E-state index contributed by atoms with van der Waals surface area (Å²) in [7, 11) is 0. The molecule has 0 saturated heterocycles. The van der Waals surface area contributed by atoms with Gasteiger partial charge in [-0.05, 0) is 156 Å². The molecular weight excluding hydrogens is 1270 g/mol. The molecule has 2 aliphatic carbocycles. The zero-order valence-electron chi connectivity index (χ0n) is 53.4. The van der Waals surface area contributed by atoms with Gasteiger partial charge in [-0.2, -0.15) is 0 Å². The molecule has 2 aromatic heterocycles. The topological polar surface area (TPSA) is 13.0 Å². The van der Waals surface area contributed by atoms with Crippen molar-refractivity contribution in [2.75, 3.05) is 19.6 Å². The van der Waals surface area contributed by atoms with E-state index in [1.807, 2.05) is 46.2 Å². The molecule has 19 rings (SSSR count). The molecule has 4 aliphatic rings. The van der Waals surface area contributed by atoms with Crippen LogP contribution in [0.4, 0.5) is 68.2 Å². The molecule has 0 spiro atoms. The van der Waals surface area contributed by atoms with Gasteiger partial charge in [0.2, 0.25) is 0 Å². The van der Waals surface area contributed by atoms with Crippen LogP contribution < -0.4 is 19.6 Å². The van der Waals surface area contributed by atoms with Gasteiger partial charge in [-0.1, -0.05) is 231 Å². The molecule has 0 fully saturated rings. The zero-order chi connectivity index (χ0) is 64.9. The van der Waals surface area contributed by atoms with Gasteiger partial charge in [0.15, 0.2) is 0 Å². The molecule has 0 N–H and O–H groups in total. The van der Waals surface area contributed by atoms with Crippen LogP contribution in [0.2, 0.25) is 0 Å². The number of rotatable bonds is 13. The Morgan fingerprint density at radius 2 is 0.561 bits per heavy atom. The summed E-state index contributed by atoms with van der Waals surface area (Å²) in [4.78, 5) is 12.4. The Balaban J connectivity index is 0.000000143. The summed E-state index contributed by atoms with van der Waals surface area (Å²) in [5.41, 5.74) is 19.2. The summed E-state index contributed by atoms with van der Waals surface area (Å²) in [5.74, 6) is 0.890. The number of nitrogens with zero attached hydrogens (tertiary/aromatic N) is 4. The van der Waals surface area contributed by atoms with Crippen molar-refractivity contribution in [3.05, 3.63) is 375 Å². The molecule has 98 heavy (non-hydrogen) atoms. The Kier molecular flexibility index (Phi) is 15.8. The van der Waals surface area contributed by atoms with Crippen molar-refractivity contribution in [2.24, 2.45) is 0 Å². The first-order chi connectivity index (χ1) is 48.6. The fourth-order valence-corrected chi connectivity index (χ4v) is 19.9. The number of thiophene rings is 2. The fraction of sp³-hybridized carbons (Fsp3) is 0.0444. The number of fused-ring (bicyclic) bond motifs is 12. The van der Waals surface area contributed by atoms with Crippen LogP contribution in [0, 0.1) is 0 Å². The van der Waals surface area contributed by atoms with Gasteiger partial charge in [-0.25, -0.2) is 0 Å². The second-order valence-electron chi connectivity index (χ2n) is 24.9. The first kappa shape index (κ1) is 59.6. The van der Waals surface area contributed by atoms with Crippen molar-refractivity contribution < 1.29 is 0 Å². The molecule has 4 nitrogen and oxygen atoms in total. The van der Waals surface area contributed by atoms with Crippen LogP contribution in [-0.4, -0.2) is 10.5 Å². The molecule has 0 amide bonds. The average Bonchev–Trinajstić information content (AvgIpc) is 1.49. The van der Waals surface area contributed by atoms with Crippen LogP contribution in [0.5, 0.6) is 0 Å². The van der Waals surface area contributed by atoms with Crippen molar-refractivity contribution in [3.8, 4) is 11.1 Å². The maximum atomic E-state index is 2.45. The molecule has 13 aromatic carbocycles. The number of thioether (sulfide) groups is 2. The molecule has 15 aromatic rings. The molecule has 8 heteroatoms. The number of benzene rings is 13. The third kappa shape index (κ3) is 10.9. The highest BCUT2D eigenvalue weighted by Crippen LogP contribution is 2.56. The second kappa shape index (κ2) is 26.0. The minimum Gasteiger partial charge on any atom is -0.310 e. The van der Waals surface area contributed by atoms with Gasteiger partial charge in [-0.15, -0.1) is 46.2 Å². The molecule has 4 unspecified atom stereocenters. The smallest absolute Gasteiger partial charge is 0.0640 e. The van der Waals surface area contributed by atoms with Crippen molar-refractivity contribution in [1.82, 2.24) is 0 Å². The first-order valence-corrected chi connectivity index (χ1v) is 36.8. The molecule has 2 aliphatic heterocycles. The third-order valence-corrected chi connectivity index (χ3v) is 24.2. The van der Waals surface area contributed by atoms with E-state index < -0.39 is 0 Å². The molecule has 4 atom stereocenters. The minimum absolute atomic E-state index is 0.441. The van der Waals surface area contributed by atoms with E-state index in [-0.39, 0.29) is 0 Å². The van der Waals surface area contributed by atoms with Crippen molar-refractivity contribution >= 4 is 155 Å². The Labute approximate surface area is 588 Å². The lowest BCUT2D eigenvalue weighted by Gasteiger charge is -2.27. The number of anilines is 12. The quantitative estimate of drug-likeness (QED) is 0.113. The Morgan fingerprint density at radius 1 is 0.245 bits per heavy atom. The van der Waals surface area contributed by atoms with E-state index in [9.17, 15) is 0 Å². The number of hydrogen-bond acceptors (Lipinski definition) is 8. The summed E-state index contributed by atoms with van der Waals surface area (Å²) in [5, 5.41) is 6.00. The maximum Gasteiger partial charge on any atom is 0.0640 e. The van der Waals surface area contributed by atoms with Crippen LogP contribution in [0.25, 0.3) is 51.5 Å². The van der Waals surface area contributed by atoms with E-state index in [1.54, 1.807) is 0 Å². The predicted octanol–water partition coefficient (Wildman–Crippen LogP) is 27.0. The Morgan fingerprint density at radius 3 is 0.959 bits per heavy atom. The molecule has 468 valence electrons. The summed E-state index contributed by atoms with van der Waals surface area (Å²) in [6, 6.07) is 115. The van der Waals surface area contributed by atoms with Crippen LogP contribution in [0.3, 0.4) is 0 Å². The lowest BCUT2D eigenvalue weighted by atomic mass is 9.92. The van der Waals surface area contributed by atoms with Crippen LogP contribution in [0.1, 0.15) is 23.0 Å². The number of para-hydroxylation sites is 5. The standard InChI is InChI=1S/C48H34N2S2.C42H30N2S2/c1-4-14-33(15-5-1)34-26-28-37(29-27-34)49(35-16-6-2-7-17-35)42-22-13-25-45-47(42)41-21-12-23-43(48(41)52-45)50(36-18-8-3-9-19-36)38-30-31-40-39-20-10-11-24-44(39)51-46(40)32-38;1-4-14-29(15-5-1)43(30-16-6-2-7-17-30)36-22-13-25-39-41(36)35-21-12-23-37(42(35)46-39)44(31-18-8-3-9-19-31)32-26-27-34-33-20-10-11-24-38(33)45-40(34)28-32/h1-32,39,44H;1-28,33,38H. The largest absolute Gasteiger partial charge is 0.310 e. The Hall–Kier alpha value is -10.8.